The van der Waals surface area contributed by atoms with Crippen LogP contribution in [0, 0.1) is 13.8 Å². The fraction of sp³-hybridized carbons (Fsp3) is 0.500. The zero-order valence-corrected chi connectivity index (χ0v) is 18.7. The minimum absolute atomic E-state index is 0. The van der Waals surface area contributed by atoms with Crippen molar-refractivity contribution in [2.24, 2.45) is 4.99 Å². The van der Waals surface area contributed by atoms with E-state index in [0.29, 0.717) is 6.54 Å². The Kier molecular flexibility index (Phi) is 8.08. The van der Waals surface area contributed by atoms with Crippen LogP contribution >= 0.6 is 35.3 Å². The number of anilines is 1. The van der Waals surface area contributed by atoms with Gasteiger partial charge in [-0.1, -0.05) is 6.07 Å². The van der Waals surface area contributed by atoms with Gasteiger partial charge in [0.15, 0.2) is 5.96 Å². The molecule has 0 spiro atoms. The number of aromatic nitrogens is 2. The summed E-state index contributed by atoms with van der Waals surface area (Å²) in [7, 11) is 1.79. The number of aliphatic imine (C=N–C) groups is 1. The SMILES string of the molecule is CN=C(NCc1ccc(N2CCCC2)nc1)NCc1sc(C)nc1C.I. The van der Waals surface area contributed by atoms with E-state index in [1.54, 1.807) is 18.4 Å². The van der Waals surface area contributed by atoms with Crippen LogP contribution in [0.15, 0.2) is 23.3 Å². The van der Waals surface area contributed by atoms with Crippen LogP contribution < -0.4 is 15.5 Å². The molecule has 8 heteroatoms. The van der Waals surface area contributed by atoms with E-state index in [-0.39, 0.29) is 24.0 Å². The van der Waals surface area contributed by atoms with Gasteiger partial charge in [0.1, 0.15) is 5.82 Å². The average molecular weight is 486 g/mol. The second-order valence-electron chi connectivity index (χ2n) is 6.24. The molecule has 1 fully saturated rings. The number of nitrogens with zero attached hydrogens (tertiary/aromatic N) is 4. The standard InChI is InChI=1S/C18H26N6S.HI/c1-13-16(25-14(2)23-13)12-22-18(19-3)21-11-15-6-7-17(20-10-15)24-8-4-5-9-24;/h6-7,10H,4-5,8-9,11-12H2,1-3H3,(H2,19,21,22);1H. The first-order valence-electron chi connectivity index (χ1n) is 8.73. The molecular formula is C18H27IN6S. The molecule has 1 saturated heterocycles. The normalized spacial score (nSPS) is 14.3. The fourth-order valence-corrected chi connectivity index (χ4v) is 3.84. The van der Waals surface area contributed by atoms with Crippen molar-refractivity contribution in [3.63, 3.8) is 0 Å². The molecule has 0 bridgehead atoms. The summed E-state index contributed by atoms with van der Waals surface area (Å²) in [5.41, 5.74) is 2.24. The van der Waals surface area contributed by atoms with E-state index < -0.39 is 0 Å². The van der Waals surface area contributed by atoms with Gasteiger partial charge in [0, 0.05) is 37.8 Å². The van der Waals surface area contributed by atoms with Gasteiger partial charge in [0.25, 0.3) is 0 Å². The van der Waals surface area contributed by atoms with E-state index in [0.717, 1.165) is 47.7 Å². The van der Waals surface area contributed by atoms with Crippen LogP contribution in [-0.2, 0) is 13.1 Å². The van der Waals surface area contributed by atoms with Crippen LogP contribution in [0.2, 0.25) is 0 Å². The van der Waals surface area contributed by atoms with Crippen LogP contribution in [0.3, 0.4) is 0 Å². The number of thiazole rings is 1. The number of guanidine groups is 1. The largest absolute Gasteiger partial charge is 0.357 e. The summed E-state index contributed by atoms with van der Waals surface area (Å²) < 4.78 is 0. The molecule has 26 heavy (non-hydrogen) atoms. The maximum atomic E-state index is 4.59. The molecule has 2 aromatic heterocycles. The van der Waals surface area contributed by atoms with Gasteiger partial charge in [-0.2, -0.15) is 0 Å². The first-order chi connectivity index (χ1) is 12.2. The Hall–Kier alpha value is -1.42. The Balaban J connectivity index is 0.00000243. The van der Waals surface area contributed by atoms with Gasteiger partial charge in [-0.3, -0.25) is 4.99 Å². The van der Waals surface area contributed by atoms with Crippen molar-refractivity contribution >= 4 is 47.1 Å². The molecule has 0 radical (unpaired) electrons. The number of nitrogens with one attached hydrogen (secondary N) is 2. The molecule has 0 aromatic carbocycles. The number of pyridine rings is 1. The zero-order chi connectivity index (χ0) is 17.6. The highest BCUT2D eigenvalue weighted by Gasteiger charge is 2.13. The lowest BCUT2D eigenvalue weighted by Gasteiger charge is -2.16. The van der Waals surface area contributed by atoms with E-state index in [9.17, 15) is 0 Å². The molecule has 0 amide bonds. The van der Waals surface area contributed by atoms with Crippen molar-refractivity contribution < 1.29 is 0 Å². The van der Waals surface area contributed by atoms with Crippen LogP contribution in [0.4, 0.5) is 5.82 Å². The summed E-state index contributed by atoms with van der Waals surface area (Å²) in [6.07, 6.45) is 4.49. The Bertz CT molecular complexity index is 722. The lowest BCUT2D eigenvalue weighted by Crippen LogP contribution is -2.36. The summed E-state index contributed by atoms with van der Waals surface area (Å²) >= 11 is 1.72. The van der Waals surface area contributed by atoms with Gasteiger partial charge in [-0.25, -0.2) is 9.97 Å². The highest BCUT2D eigenvalue weighted by atomic mass is 127. The molecule has 0 saturated carbocycles. The molecule has 3 heterocycles. The van der Waals surface area contributed by atoms with Gasteiger partial charge in [-0.05, 0) is 38.3 Å². The number of hydrogen-bond acceptors (Lipinski definition) is 5. The van der Waals surface area contributed by atoms with Gasteiger partial charge >= 0.3 is 0 Å². The number of aryl methyl sites for hydroxylation is 2. The smallest absolute Gasteiger partial charge is 0.191 e. The second-order valence-corrected chi connectivity index (χ2v) is 7.53. The molecule has 0 aliphatic carbocycles. The molecule has 1 aliphatic rings. The van der Waals surface area contributed by atoms with Gasteiger partial charge in [0.05, 0.1) is 17.2 Å². The zero-order valence-electron chi connectivity index (χ0n) is 15.6. The predicted octanol–water partition coefficient (Wildman–Crippen LogP) is 3.24. The van der Waals surface area contributed by atoms with Gasteiger partial charge in [-0.15, -0.1) is 35.3 Å². The van der Waals surface area contributed by atoms with Crippen LogP contribution in [-0.4, -0.2) is 36.1 Å². The van der Waals surface area contributed by atoms with E-state index in [1.165, 1.54) is 17.7 Å². The summed E-state index contributed by atoms with van der Waals surface area (Å²) in [5.74, 6) is 1.87. The fourth-order valence-electron chi connectivity index (χ4n) is 2.96. The Labute approximate surface area is 176 Å². The van der Waals surface area contributed by atoms with Crippen molar-refractivity contribution in [2.75, 3.05) is 25.0 Å². The third-order valence-corrected chi connectivity index (χ3v) is 5.41. The minimum Gasteiger partial charge on any atom is -0.357 e. The molecule has 0 atom stereocenters. The summed E-state index contributed by atoms with van der Waals surface area (Å²) in [5, 5.41) is 7.79. The van der Waals surface area contributed by atoms with Crippen LogP contribution in [0.25, 0.3) is 0 Å². The molecule has 0 unspecified atom stereocenters. The predicted molar refractivity (Wildman–Crippen MR) is 120 cm³/mol. The molecule has 2 aromatic rings. The van der Waals surface area contributed by atoms with Crippen molar-refractivity contribution in [1.82, 2.24) is 20.6 Å². The minimum atomic E-state index is 0. The van der Waals surface area contributed by atoms with E-state index in [1.807, 2.05) is 20.0 Å². The molecule has 1 aliphatic heterocycles. The molecule has 3 rings (SSSR count). The Morgan fingerprint density at radius 2 is 1.92 bits per heavy atom. The lowest BCUT2D eigenvalue weighted by atomic mass is 10.3. The van der Waals surface area contributed by atoms with Crippen molar-refractivity contribution in [3.05, 3.63) is 39.5 Å². The highest BCUT2D eigenvalue weighted by Crippen LogP contribution is 2.18. The second kappa shape index (κ2) is 10.1. The van der Waals surface area contributed by atoms with E-state index in [2.05, 4.69) is 42.6 Å². The van der Waals surface area contributed by atoms with Gasteiger partial charge < -0.3 is 15.5 Å². The molecule has 142 valence electrons. The Morgan fingerprint density at radius 3 is 2.50 bits per heavy atom. The topological polar surface area (TPSA) is 65.4 Å². The van der Waals surface area contributed by atoms with Crippen molar-refractivity contribution in [2.45, 2.75) is 39.8 Å². The van der Waals surface area contributed by atoms with E-state index >= 15 is 0 Å². The van der Waals surface area contributed by atoms with Gasteiger partial charge in [0.2, 0.25) is 0 Å². The maximum absolute atomic E-state index is 4.59. The molecular weight excluding hydrogens is 459 g/mol. The Morgan fingerprint density at radius 1 is 1.19 bits per heavy atom. The summed E-state index contributed by atoms with van der Waals surface area (Å²) in [6.45, 7) is 7.77. The monoisotopic (exact) mass is 486 g/mol. The number of halogens is 1. The summed E-state index contributed by atoms with van der Waals surface area (Å²) in [4.78, 5) is 16.9. The van der Waals surface area contributed by atoms with E-state index in [4.69, 9.17) is 0 Å². The third-order valence-electron chi connectivity index (χ3n) is 4.34. The average Bonchev–Trinajstić information content (AvgIpc) is 3.25. The third kappa shape index (κ3) is 5.54. The number of hydrogen-bond donors (Lipinski definition) is 2. The van der Waals surface area contributed by atoms with Crippen molar-refractivity contribution in [3.8, 4) is 0 Å². The molecule has 6 nitrogen and oxygen atoms in total. The quantitative estimate of drug-likeness (QED) is 0.386. The first kappa shape index (κ1) is 20.9. The molecule has 2 N–H and O–H groups in total. The lowest BCUT2D eigenvalue weighted by molar-refractivity contribution is 0.808. The van der Waals surface area contributed by atoms with Crippen LogP contribution in [0.5, 0.6) is 0 Å². The first-order valence-corrected chi connectivity index (χ1v) is 9.54. The van der Waals surface area contributed by atoms with Crippen LogP contribution in [0.1, 0.15) is 34.0 Å². The van der Waals surface area contributed by atoms with Crippen molar-refractivity contribution in [1.29, 1.82) is 0 Å². The summed E-state index contributed by atoms with van der Waals surface area (Å²) in [6, 6.07) is 4.25. The number of rotatable bonds is 5. The highest BCUT2D eigenvalue weighted by molar-refractivity contribution is 14.0. The maximum Gasteiger partial charge on any atom is 0.191 e.